The van der Waals surface area contributed by atoms with E-state index in [2.05, 4.69) is 19.2 Å². The van der Waals surface area contributed by atoms with Crippen LogP contribution in [0.1, 0.15) is 44.7 Å². The van der Waals surface area contributed by atoms with Crippen LogP contribution in [0, 0.1) is 0 Å². The first-order valence-electron chi connectivity index (χ1n) is 8.76. The Hall–Kier alpha value is -2.49. The summed E-state index contributed by atoms with van der Waals surface area (Å²) < 4.78 is 11.3. The zero-order valence-electron chi connectivity index (χ0n) is 15.4. The lowest BCUT2D eigenvalue weighted by Crippen LogP contribution is -2.36. The Morgan fingerprint density at radius 3 is 2.36 bits per heavy atom. The predicted molar refractivity (Wildman–Crippen MR) is 100 cm³/mol. The van der Waals surface area contributed by atoms with Crippen molar-refractivity contribution < 1.29 is 14.3 Å². The van der Waals surface area contributed by atoms with Gasteiger partial charge in [-0.05, 0) is 49.1 Å². The molecule has 0 saturated heterocycles. The Kier molecular flexibility index (Phi) is 6.87. The summed E-state index contributed by atoms with van der Waals surface area (Å²) in [6.45, 7) is 9.04. The van der Waals surface area contributed by atoms with Gasteiger partial charge in [0.05, 0.1) is 6.61 Å². The molecule has 0 fully saturated rings. The molecular formula is C21H27NO3. The minimum absolute atomic E-state index is 0.132. The molecule has 4 heteroatoms. The molecule has 1 N–H and O–H groups in total. The van der Waals surface area contributed by atoms with E-state index >= 15 is 0 Å². The maximum Gasteiger partial charge on any atom is 0.261 e. The van der Waals surface area contributed by atoms with Gasteiger partial charge in [-0.1, -0.05) is 44.2 Å². The number of amides is 1. The zero-order chi connectivity index (χ0) is 18.2. The van der Waals surface area contributed by atoms with Crippen LogP contribution in [0.25, 0.3) is 0 Å². The van der Waals surface area contributed by atoms with E-state index in [4.69, 9.17) is 9.47 Å². The van der Waals surface area contributed by atoms with Crippen LogP contribution < -0.4 is 14.8 Å². The number of para-hydroxylation sites is 1. The van der Waals surface area contributed by atoms with E-state index in [1.807, 2.05) is 55.5 Å². The Labute approximate surface area is 150 Å². The molecule has 134 valence electrons. The average molecular weight is 341 g/mol. The van der Waals surface area contributed by atoms with Crippen molar-refractivity contribution in [2.24, 2.45) is 0 Å². The monoisotopic (exact) mass is 341 g/mol. The third-order valence-electron chi connectivity index (χ3n) is 3.92. The average Bonchev–Trinajstić information content (AvgIpc) is 2.61. The summed E-state index contributed by atoms with van der Waals surface area (Å²) in [4.78, 5) is 12.3. The number of nitrogens with one attached hydrogen (secondary N) is 1. The smallest absolute Gasteiger partial charge is 0.261 e. The summed E-state index contributed by atoms with van der Waals surface area (Å²) in [7, 11) is 0. The predicted octanol–water partition coefficient (Wildman–Crippen LogP) is 4.29. The topological polar surface area (TPSA) is 47.6 Å². The molecule has 0 aliphatic rings. The summed E-state index contributed by atoms with van der Waals surface area (Å²) in [5.41, 5.74) is 2.13. The van der Waals surface area contributed by atoms with E-state index in [1.54, 1.807) is 6.92 Å². The summed E-state index contributed by atoms with van der Waals surface area (Å²) in [6, 6.07) is 15.6. The van der Waals surface area contributed by atoms with Crippen LogP contribution in [0.4, 0.5) is 0 Å². The van der Waals surface area contributed by atoms with E-state index in [1.165, 1.54) is 0 Å². The number of hydrogen-bond donors (Lipinski definition) is 1. The third kappa shape index (κ3) is 5.52. The summed E-state index contributed by atoms with van der Waals surface area (Å²) in [5, 5.41) is 2.91. The van der Waals surface area contributed by atoms with Gasteiger partial charge in [0.2, 0.25) is 0 Å². The number of benzene rings is 2. The molecule has 2 aromatic carbocycles. The van der Waals surface area contributed by atoms with Crippen molar-refractivity contribution in [3.05, 3.63) is 59.7 Å². The van der Waals surface area contributed by atoms with E-state index < -0.39 is 6.10 Å². The van der Waals surface area contributed by atoms with E-state index in [0.717, 1.165) is 22.6 Å². The van der Waals surface area contributed by atoms with Gasteiger partial charge in [0.25, 0.3) is 5.91 Å². The lowest BCUT2D eigenvalue weighted by molar-refractivity contribution is -0.127. The Morgan fingerprint density at radius 1 is 1.04 bits per heavy atom. The molecule has 0 bridgehead atoms. The highest BCUT2D eigenvalue weighted by molar-refractivity contribution is 5.80. The van der Waals surface area contributed by atoms with Crippen LogP contribution in [0.3, 0.4) is 0 Å². The van der Waals surface area contributed by atoms with Gasteiger partial charge in [-0.2, -0.15) is 0 Å². The molecule has 25 heavy (non-hydrogen) atoms. The van der Waals surface area contributed by atoms with Crippen molar-refractivity contribution in [1.82, 2.24) is 5.32 Å². The van der Waals surface area contributed by atoms with Crippen molar-refractivity contribution in [3.8, 4) is 11.5 Å². The minimum Gasteiger partial charge on any atom is -0.494 e. The Balaban J connectivity index is 1.90. The van der Waals surface area contributed by atoms with E-state index in [0.29, 0.717) is 19.1 Å². The van der Waals surface area contributed by atoms with Crippen molar-refractivity contribution in [3.63, 3.8) is 0 Å². The van der Waals surface area contributed by atoms with Gasteiger partial charge >= 0.3 is 0 Å². The zero-order valence-corrected chi connectivity index (χ0v) is 15.4. The minimum atomic E-state index is -0.553. The third-order valence-corrected chi connectivity index (χ3v) is 3.92. The first-order valence-corrected chi connectivity index (χ1v) is 8.76. The highest BCUT2D eigenvalue weighted by Crippen LogP contribution is 2.26. The quantitative estimate of drug-likeness (QED) is 0.779. The molecule has 0 spiro atoms. The second kappa shape index (κ2) is 9.11. The first-order chi connectivity index (χ1) is 12.0. The van der Waals surface area contributed by atoms with Crippen molar-refractivity contribution in [2.75, 3.05) is 6.61 Å². The Morgan fingerprint density at radius 2 is 1.72 bits per heavy atom. The summed E-state index contributed by atoms with van der Waals surface area (Å²) >= 11 is 0. The molecule has 1 atom stereocenters. The fraction of sp³-hybridized carbons (Fsp3) is 0.381. The van der Waals surface area contributed by atoms with Gasteiger partial charge in [0.1, 0.15) is 11.5 Å². The van der Waals surface area contributed by atoms with Gasteiger partial charge in [0, 0.05) is 6.54 Å². The lowest BCUT2D eigenvalue weighted by atomic mass is 10.0. The molecule has 0 aliphatic heterocycles. The van der Waals surface area contributed by atoms with Crippen molar-refractivity contribution >= 4 is 5.91 Å². The summed E-state index contributed by atoms with van der Waals surface area (Å²) in [5.74, 6) is 1.81. The highest BCUT2D eigenvalue weighted by Gasteiger charge is 2.16. The first kappa shape index (κ1) is 18.8. The van der Waals surface area contributed by atoms with Crippen LogP contribution in [-0.4, -0.2) is 18.6 Å². The molecule has 0 saturated carbocycles. The van der Waals surface area contributed by atoms with E-state index in [9.17, 15) is 4.79 Å². The second-order valence-corrected chi connectivity index (χ2v) is 6.25. The van der Waals surface area contributed by atoms with Crippen LogP contribution in [0.5, 0.6) is 11.5 Å². The SMILES string of the molecule is CCOc1ccc(CNC(=O)[C@H](C)Oc2ccccc2C(C)C)cc1. The lowest BCUT2D eigenvalue weighted by Gasteiger charge is -2.18. The molecule has 2 rings (SSSR count). The number of carbonyl (C=O) groups is 1. The van der Waals surface area contributed by atoms with Crippen LogP contribution in [0.15, 0.2) is 48.5 Å². The fourth-order valence-electron chi connectivity index (χ4n) is 2.51. The van der Waals surface area contributed by atoms with Crippen LogP contribution in [0.2, 0.25) is 0 Å². The van der Waals surface area contributed by atoms with Gasteiger partial charge in [-0.25, -0.2) is 0 Å². The van der Waals surface area contributed by atoms with Crippen molar-refractivity contribution in [2.45, 2.75) is 46.3 Å². The molecule has 0 aromatic heterocycles. The molecule has 0 aliphatic carbocycles. The highest BCUT2D eigenvalue weighted by atomic mass is 16.5. The summed E-state index contributed by atoms with van der Waals surface area (Å²) in [6.07, 6.45) is -0.553. The number of ether oxygens (including phenoxy) is 2. The van der Waals surface area contributed by atoms with E-state index in [-0.39, 0.29) is 5.91 Å². The number of hydrogen-bond acceptors (Lipinski definition) is 3. The number of carbonyl (C=O) groups excluding carboxylic acids is 1. The number of rotatable bonds is 8. The van der Waals surface area contributed by atoms with Gasteiger partial charge in [0.15, 0.2) is 6.10 Å². The van der Waals surface area contributed by atoms with Gasteiger partial charge in [-0.15, -0.1) is 0 Å². The molecular weight excluding hydrogens is 314 g/mol. The normalized spacial score (nSPS) is 11.9. The molecule has 0 unspecified atom stereocenters. The molecule has 2 aromatic rings. The Bertz CT molecular complexity index is 680. The van der Waals surface area contributed by atoms with Gasteiger partial charge in [-0.3, -0.25) is 4.79 Å². The molecule has 4 nitrogen and oxygen atoms in total. The van der Waals surface area contributed by atoms with Crippen LogP contribution >= 0.6 is 0 Å². The van der Waals surface area contributed by atoms with Crippen molar-refractivity contribution in [1.29, 1.82) is 0 Å². The fourth-order valence-corrected chi connectivity index (χ4v) is 2.51. The largest absolute Gasteiger partial charge is 0.494 e. The molecule has 0 heterocycles. The van der Waals surface area contributed by atoms with Crippen LogP contribution in [-0.2, 0) is 11.3 Å². The molecule has 0 radical (unpaired) electrons. The maximum atomic E-state index is 12.3. The standard InChI is InChI=1S/C21H27NO3/c1-5-24-18-12-10-17(11-13-18)14-22-21(23)16(4)25-20-9-7-6-8-19(20)15(2)3/h6-13,15-16H,5,14H2,1-4H3,(H,22,23)/t16-/m0/s1. The second-order valence-electron chi connectivity index (χ2n) is 6.25. The maximum absolute atomic E-state index is 12.3. The molecule has 1 amide bonds. The van der Waals surface area contributed by atoms with Gasteiger partial charge < -0.3 is 14.8 Å².